The van der Waals surface area contributed by atoms with Gasteiger partial charge in [0.05, 0.1) is 30.3 Å². The number of nitrogens with one attached hydrogen (secondary N) is 1. The van der Waals surface area contributed by atoms with Gasteiger partial charge in [-0.2, -0.15) is 9.78 Å². The second kappa shape index (κ2) is 8.16. The average Bonchev–Trinajstić information content (AvgIpc) is 3.54. The average molecular weight is 445 g/mol. The van der Waals surface area contributed by atoms with Crippen molar-refractivity contribution in [1.82, 2.24) is 25.1 Å². The van der Waals surface area contributed by atoms with E-state index in [4.69, 9.17) is 14.1 Å². The van der Waals surface area contributed by atoms with Crippen LogP contribution in [0.2, 0.25) is 0 Å². The van der Waals surface area contributed by atoms with Gasteiger partial charge in [0.15, 0.2) is 11.5 Å². The van der Waals surface area contributed by atoms with Gasteiger partial charge in [-0.15, -0.1) is 0 Å². The second-order valence-corrected chi connectivity index (χ2v) is 8.11. The van der Waals surface area contributed by atoms with Crippen LogP contribution < -0.4 is 5.32 Å². The van der Waals surface area contributed by atoms with Crippen LogP contribution in [0.15, 0.2) is 40.9 Å². The van der Waals surface area contributed by atoms with E-state index in [-0.39, 0.29) is 12.5 Å². The van der Waals surface area contributed by atoms with E-state index in [1.807, 2.05) is 31.2 Å². The molecule has 9 heteroatoms. The zero-order valence-electron chi connectivity index (χ0n) is 18.6. The molecule has 0 unspecified atom stereocenters. The van der Waals surface area contributed by atoms with Crippen molar-refractivity contribution in [1.29, 1.82) is 0 Å². The summed E-state index contributed by atoms with van der Waals surface area (Å²) in [6.45, 7) is 3.67. The normalized spacial score (nSPS) is 13.3. The highest BCUT2D eigenvalue weighted by Gasteiger charge is 2.29. The molecule has 1 aliphatic carbocycles. The van der Waals surface area contributed by atoms with E-state index in [2.05, 4.69) is 15.4 Å². The Kier molecular flexibility index (Phi) is 5.16. The quantitative estimate of drug-likeness (QED) is 0.451. The first-order valence-corrected chi connectivity index (χ1v) is 10.7. The lowest BCUT2D eigenvalue weighted by Gasteiger charge is -2.09. The Bertz CT molecular complexity index is 1370. The van der Waals surface area contributed by atoms with Gasteiger partial charge in [0, 0.05) is 17.8 Å². The molecule has 1 amide bonds. The van der Waals surface area contributed by atoms with Gasteiger partial charge >= 0.3 is 5.97 Å². The Morgan fingerprint density at radius 3 is 2.73 bits per heavy atom. The van der Waals surface area contributed by atoms with Gasteiger partial charge in [0.2, 0.25) is 0 Å². The first kappa shape index (κ1) is 20.9. The molecule has 0 aromatic carbocycles. The number of hydrogen-bond donors (Lipinski definition) is 1. The van der Waals surface area contributed by atoms with E-state index < -0.39 is 5.97 Å². The molecule has 0 atom stereocenters. The standard InChI is InChI=1S/C24H23N5O4/c1-13-21-18(23(30)26-12-16-10-17(14(2)33-16)24(31)32-3)11-19(15-7-8-15)27-22(21)29(28-13)20-6-4-5-9-25-20/h4-6,9-11,15H,7-8,12H2,1-3H3,(H,26,30). The molecule has 1 aliphatic rings. The van der Waals surface area contributed by atoms with Crippen LogP contribution in [-0.4, -0.2) is 38.7 Å². The Morgan fingerprint density at radius 1 is 1.21 bits per heavy atom. The molecule has 0 radical (unpaired) electrons. The summed E-state index contributed by atoms with van der Waals surface area (Å²) >= 11 is 0. The van der Waals surface area contributed by atoms with Gasteiger partial charge in [-0.1, -0.05) is 6.07 Å². The Balaban J connectivity index is 1.50. The number of amides is 1. The molecular weight excluding hydrogens is 422 g/mol. The van der Waals surface area contributed by atoms with Crippen molar-refractivity contribution in [3.8, 4) is 5.82 Å². The van der Waals surface area contributed by atoms with E-state index in [1.165, 1.54) is 7.11 Å². The fourth-order valence-electron chi connectivity index (χ4n) is 3.92. The number of fused-ring (bicyclic) bond motifs is 1. The number of esters is 1. The molecule has 4 aromatic heterocycles. The van der Waals surface area contributed by atoms with E-state index in [1.54, 1.807) is 23.9 Å². The SMILES string of the molecule is COC(=O)c1cc(CNC(=O)c2cc(C3CC3)nc3c2c(C)nn3-c2ccccn2)oc1C. The Labute approximate surface area is 189 Å². The van der Waals surface area contributed by atoms with Gasteiger partial charge in [-0.25, -0.2) is 14.8 Å². The van der Waals surface area contributed by atoms with Crippen LogP contribution in [0.1, 0.15) is 62.4 Å². The lowest BCUT2D eigenvalue weighted by molar-refractivity contribution is 0.0598. The van der Waals surface area contributed by atoms with Crippen molar-refractivity contribution in [3.05, 3.63) is 70.6 Å². The van der Waals surface area contributed by atoms with Gasteiger partial charge in [0.25, 0.3) is 5.91 Å². The zero-order chi connectivity index (χ0) is 23.1. The predicted molar refractivity (Wildman–Crippen MR) is 119 cm³/mol. The number of furan rings is 1. The summed E-state index contributed by atoms with van der Waals surface area (Å²) in [6, 6.07) is 9.03. The van der Waals surface area contributed by atoms with Crippen LogP contribution in [0.25, 0.3) is 16.9 Å². The van der Waals surface area contributed by atoms with Crippen molar-refractivity contribution in [2.45, 2.75) is 39.2 Å². The van der Waals surface area contributed by atoms with E-state index >= 15 is 0 Å². The minimum atomic E-state index is -0.476. The maximum absolute atomic E-state index is 13.3. The number of ether oxygens (including phenoxy) is 1. The monoisotopic (exact) mass is 445 g/mol. The summed E-state index contributed by atoms with van der Waals surface area (Å²) in [4.78, 5) is 34.4. The summed E-state index contributed by atoms with van der Waals surface area (Å²) in [6.07, 6.45) is 3.81. The summed E-state index contributed by atoms with van der Waals surface area (Å²) in [5, 5.41) is 8.22. The van der Waals surface area contributed by atoms with Crippen molar-refractivity contribution >= 4 is 22.9 Å². The van der Waals surface area contributed by atoms with E-state index in [0.29, 0.717) is 51.1 Å². The minimum absolute atomic E-state index is 0.132. The predicted octanol–water partition coefficient (Wildman–Crippen LogP) is 3.62. The van der Waals surface area contributed by atoms with Crippen molar-refractivity contribution in [2.24, 2.45) is 0 Å². The van der Waals surface area contributed by atoms with Crippen molar-refractivity contribution in [2.75, 3.05) is 7.11 Å². The molecule has 1 N–H and O–H groups in total. The maximum atomic E-state index is 13.3. The lowest BCUT2D eigenvalue weighted by Crippen LogP contribution is -2.23. The molecule has 0 spiro atoms. The number of hydrogen-bond acceptors (Lipinski definition) is 7. The molecule has 0 saturated heterocycles. The molecule has 1 saturated carbocycles. The van der Waals surface area contributed by atoms with Crippen molar-refractivity contribution in [3.63, 3.8) is 0 Å². The van der Waals surface area contributed by atoms with Crippen LogP contribution in [0, 0.1) is 13.8 Å². The first-order chi connectivity index (χ1) is 16.0. The molecule has 168 valence electrons. The maximum Gasteiger partial charge on any atom is 0.341 e. The summed E-state index contributed by atoms with van der Waals surface area (Å²) in [7, 11) is 1.32. The number of pyridine rings is 2. The second-order valence-electron chi connectivity index (χ2n) is 8.11. The first-order valence-electron chi connectivity index (χ1n) is 10.7. The zero-order valence-corrected chi connectivity index (χ0v) is 18.6. The third-order valence-corrected chi connectivity index (χ3v) is 5.74. The summed E-state index contributed by atoms with van der Waals surface area (Å²) < 4.78 is 12.1. The lowest BCUT2D eigenvalue weighted by atomic mass is 10.1. The van der Waals surface area contributed by atoms with Crippen molar-refractivity contribution < 1.29 is 18.7 Å². The number of rotatable bonds is 6. The highest BCUT2D eigenvalue weighted by atomic mass is 16.5. The largest absolute Gasteiger partial charge is 0.465 e. The fourth-order valence-corrected chi connectivity index (χ4v) is 3.92. The van der Waals surface area contributed by atoms with Crippen LogP contribution >= 0.6 is 0 Å². The molecule has 9 nitrogen and oxygen atoms in total. The third kappa shape index (κ3) is 3.86. The summed E-state index contributed by atoms with van der Waals surface area (Å²) in [5.41, 5.74) is 3.04. The highest BCUT2D eigenvalue weighted by molar-refractivity contribution is 6.06. The van der Waals surface area contributed by atoms with Crippen LogP contribution in [0.4, 0.5) is 0 Å². The molecule has 4 heterocycles. The number of nitrogens with zero attached hydrogens (tertiary/aromatic N) is 4. The van der Waals surface area contributed by atoms with E-state index in [0.717, 1.165) is 18.5 Å². The van der Waals surface area contributed by atoms with Crippen LogP contribution in [-0.2, 0) is 11.3 Å². The topological polar surface area (TPSA) is 112 Å². The molecule has 0 aliphatic heterocycles. The smallest absolute Gasteiger partial charge is 0.341 e. The number of methoxy groups -OCH3 is 1. The Morgan fingerprint density at radius 2 is 2.03 bits per heavy atom. The third-order valence-electron chi connectivity index (χ3n) is 5.74. The van der Waals surface area contributed by atoms with Gasteiger partial charge in [-0.05, 0) is 51.0 Å². The minimum Gasteiger partial charge on any atom is -0.465 e. The molecular formula is C24H23N5O4. The fraction of sp³-hybridized carbons (Fsp3) is 0.292. The molecule has 4 aromatic rings. The molecule has 0 bridgehead atoms. The highest BCUT2D eigenvalue weighted by Crippen LogP contribution is 2.40. The molecule has 1 fully saturated rings. The number of carbonyl (C=O) groups excluding carboxylic acids is 2. The Hall–Kier alpha value is -4.01. The molecule has 33 heavy (non-hydrogen) atoms. The van der Waals surface area contributed by atoms with E-state index in [9.17, 15) is 9.59 Å². The van der Waals surface area contributed by atoms with Crippen LogP contribution in [0.5, 0.6) is 0 Å². The molecule has 5 rings (SSSR count). The number of aryl methyl sites for hydroxylation is 2. The number of aromatic nitrogens is 4. The van der Waals surface area contributed by atoms with Crippen LogP contribution in [0.3, 0.4) is 0 Å². The van der Waals surface area contributed by atoms with Gasteiger partial charge < -0.3 is 14.5 Å². The van der Waals surface area contributed by atoms with Gasteiger partial charge in [0.1, 0.15) is 17.1 Å². The van der Waals surface area contributed by atoms with Gasteiger partial charge in [-0.3, -0.25) is 4.79 Å². The summed E-state index contributed by atoms with van der Waals surface area (Å²) in [5.74, 6) is 1.17. The number of carbonyl (C=O) groups is 2.